The molecule has 0 aliphatic rings. The molecule has 0 spiro atoms. The van der Waals surface area contributed by atoms with Gasteiger partial charge in [-0.05, 0) is 43.7 Å². The molecule has 0 bridgehead atoms. The molecule has 204 valence electrons. The third-order valence-electron chi connectivity index (χ3n) is 5.51. The first-order valence-electron chi connectivity index (χ1n) is 12.4. The molecule has 3 rings (SSSR count). The van der Waals surface area contributed by atoms with Crippen LogP contribution in [0.4, 0.5) is 0 Å². The fourth-order valence-electron chi connectivity index (χ4n) is 3.47. The van der Waals surface area contributed by atoms with Crippen LogP contribution in [0.1, 0.15) is 43.2 Å². The number of hydrogen-bond donors (Lipinski definition) is 1. The fourth-order valence-corrected chi connectivity index (χ4v) is 4.53. The molecule has 1 aromatic heterocycles. The van der Waals surface area contributed by atoms with Crippen molar-refractivity contribution in [3.8, 4) is 23.0 Å². The standard InChI is InChI=1S/C28H34N2O7S/c1-4-5-9-18-38(32,33)30-27(31)15-13-22-12-14-24(35-17-16-34-3)19-26(22)36-20-25-21(2)37-28(29-25)23-10-7-6-8-11-23/h6-8,10-15,19H,4-5,9,16-18,20H2,1-3H3,(H,30,31). The van der Waals surface area contributed by atoms with Gasteiger partial charge in [0.25, 0.3) is 5.91 Å². The predicted molar refractivity (Wildman–Crippen MR) is 145 cm³/mol. The van der Waals surface area contributed by atoms with E-state index in [1.54, 1.807) is 25.3 Å². The Kier molecular flexibility index (Phi) is 10.9. The Labute approximate surface area is 223 Å². The number of amides is 1. The first kappa shape index (κ1) is 28.9. The molecule has 0 radical (unpaired) electrons. The normalized spacial score (nSPS) is 11.6. The topological polar surface area (TPSA) is 117 Å². The van der Waals surface area contributed by atoms with Gasteiger partial charge in [-0.2, -0.15) is 0 Å². The molecule has 0 aliphatic carbocycles. The van der Waals surface area contributed by atoms with Crippen molar-refractivity contribution in [3.05, 3.63) is 71.6 Å². The third kappa shape index (κ3) is 9.04. The molecular weight excluding hydrogens is 508 g/mol. The van der Waals surface area contributed by atoms with Gasteiger partial charge in [0.1, 0.15) is 36.2 Å². The number of methoxy groups -OCH3 is 1. The molecule has 0 atom stereocenters. The second kappa shape index (κ2) is 14.3. The zero-order chi connectivity index (χ0) is 27.4. The van der Waals surface area contributed by atoms with Gasteiger partial charge in [0.2, 0.25) is 15.9 Å². The van der Waals surface area contributed by atoms with Crippen LogP contribution in [0.5, 0.6) is 11.5 Å². The SMILES string of the molecule is CCCCCS(=O)(=O)NC(=O)C=Cc1ccc(OCCOC)cc1OCc1nc(-c2ccccc2)oc1C. The summed E-state index contributed by atoms with van der Waals surface area (Å²) in [6, 6.07) is 14.7. The molecule has 10 heteroatoms. The predicted octanol–water partition coefficient (Wildman–Crippen LogP) is 4.90. The van der Waals surface area contributed by atoms with Crippen LogP contribution in [-0.2, 0) is 26.2 Å². The Morgan fingerprint density at radius 3 is 2.61 bits per heavy atom. The van der Waals surface area contributed by atoms with E-state index in [0.717, 1.165) is 18.4 Å². The highest BCUT2D eigenvalue weighted by molar-refractivity contribution is 7.90. The molecule has 38 heavy (non-hydrogen) atoms. The van der Waals surface area contributed by atoms with E-state index in [4.69, 9.17) is 18.6 Å². The zero-order valence-corrected chi connectivity index (χ0v) is 22.8. The summed E-state index contributed by atoms with van der Waals surface area (Å²) < 4.78 is 48.9. The van der Waals surface area contributed by atoms with Crippen LogP contribution in [0.2, 0.25) is 0 Å². The number of carbonyl (C=O) groups excluding carboxylic acids is 1. The van der Waals surface area contributed by atoms with E-state index in [1.807, 2.05) is 44.2 Å². The summed E-state index contributed by atoms with van der Waals surface area (Å²) in [5.74, 6) is 1.28. The van der Waals surface area contributed by atoms with E-state index in [2.05, 4.69) is 9.71 Å². The second-order valence-corrected chi connectivity index (χ2v) is 10.4. The van der Waals surface area contributed by atoms with E-state index >= 15 is 0 Å². The fraction of sp³-hybridized carbons (Fsp3) is 0.357. The third-order valence-corrected chi connectivity index (χ3v) is 6.84. The van der Waals surface area contributed by atoms with E-state index in [-0.39, 0.29) is 12.4 Å². The smallest absolute Gasteiger partial charge is 0.257 e. The molecule has 0 saturated heterocycles. The largest absolute Gasteiger partial charge is 0.491 e. The van der Waals surface area contributed by atoms with E-state index < -0.39 is 15.9 Å². The lowest BCUT2D eigenvalue weighted by molar-refractivity contribution is -0.114. The van der Waals surface area contributed by atoms with Crippen LogP contribution in [0.3, 0.4) is 0 Å². The van der Waals surface area contributed by atoms with Crippen LogP contribution in [-0.4, -0.2) is 45.4 Å². The van der Waals surface area contributed by atoms with Gasteiger partial charge >= 0.3 is 0 Å². The van der Waals surface area contributed by atoms with Gasteiger partial charge in [-0.1, -0.05) is 38.0 Å². The number of carbonyl (C=O) groups is 1. The number of ether oxygens (including phenoxy) is 3. The molecule has 1 N–H and O–H groups in total. The first-order chi connectivity index (χ1) is 18.3. The molecule has 0 fully saturated rings. The van der Waals surface area contributed by atoms with Gasteiger partial charge in [0, 0.05) is 30.4 Å². The van der Waals surface area contributed by atoms with Crippen LogP contribution in [0.25, 0.3) is 17.5 Å². The van der Waals surface area contributed by atoms with E-state index in [9.17, 15) is 13.2 Å². The number of nitrogens with zero attached hydrogens (tertiary/aromatic N) is 1. The van der Waals surface area contributed by atoms with E-state index in [0.29, 0.717) is 54.0 Å². The zero-order valence-electron chi connectivity index (χ0n) is 21.9. The maximum absolute atomic E-state index is 12.3. The quantitative estimate of drug-likeness (QED) is 0.213. The molecule has 2 aromatic carbocycles. The summed E-state index contributed by atoms with van der Waals surface area (Å²) in [6.45, 7) is 4.68. The summed E-state index contributed by atoms with van der Waals surface area (Å²) >= 11 is 0. The Morgan fingerprint density at radius 2 is 1.87 bits per heavy atom. The Hall–Kier alpha value is -3.63. The van der Waals surface area contributed by atoms with Crippen LogP contribution in [0.15, 0.2) is 59.0 Å². The van der Waals surface area contributed by atoms with Crippen molar-refractivity contribution < 1.29 is 31.8 Å². The van der Waals surface area contributed by atoms with Crippen molar-refractivity contribution in [2.45, 2.75) is 39.7 Å². The monoisotopic (exact) mass is 542 g/mol. The lowest BCUT2D eigenvalue weighted by atomic mass is 10.1. The Morgan fingerprint density at radius 1 is 1.08 bits per heavy atom. The minimum Gasteiger partial charge on any atom is -0.491 e. The highest BCUT2D eigenvalue weighted by atomic mass is 32.2. The van der Waals surface area contributed by atoms with Crippen molar-refractivity contribution in [2.75, 3.05) is 26.1 Å². The molecule has 1 amide bonds. The molecule has 0 saturated carbocycles. The Balaban J connectivity index is 1.75. The lowest BCUT2D eigenvalue weighted by Crippen LogP contribution is -2.31. The number of oxazole rings is 1. The van der Waals surface area contributed by atoms with Crippen molar-refractivity contribution in [2.24, 2.45) is 0 Å². The molecule has 9 nitrogen and oxygen atoms in total. The maximum atomic E-state index is 12.3. The number of aryl methyl sites for hydroxylation is 1. The number of aromatic nitrogens is 1. The van der Waals surface area contributed by atoms with E-state index in [1.165, 1.54) is 12.2 Å². The van der Waals surface area contributed by atoms with Gasteiger partial charge in [-0.3, -0.25) is 4.79 Å². The highest BCUT2D eigenvalue weighted by Gasteiger charge is 2.15. The first-order valence-corrected chi connectivity index (χ1v) is 14.1. The summed E-state index contributed by atoms with van der Waals surface area (Å²) in [4.78, 5) is 16.9. The van der Waals surface area contributed by atoms with Gasteiger partial charge in [-0.25, -0.2) is 18.1 Å². The van der Waals surface area contributed by atoms with Crippen molar-refractivity contribution in [1.29, 1.82) is 0 Å². The van der Waals surface area contributed by atoms with Crippen molar-refractivity contribution in [3.63, 3.8) is 0 Å². The Bertz CT molecular complexity index is 1320. The minimum atomic E-state index is -3.69. The van der Waals surface area contributed by atoms with Crippen LogP contribution < -0.4 is 14.2 Å². The number of sulfonamides is 1. The maximum Gasteiger partial charge on any atom is 0.257 e. The van der Waals surface area contributed by atoms with Crippen molar-refractivity contribution >= 4 is 22.0 Å². The lowest BCUT2D eigenvalue weighted by Gasteiger charge is -2.12. The number of benzene rings is 2. The number of nitrogens with one attached hydrogen (secondary N) is 1. The highest BCUT2D eigenvalue weighted by Crippen LogP contribution is 2.28. The second-order valence-electron chi connectivity index (χ2n) is 8.54. The number of rotatable bonds is 15. The molecule has 0 unspecified atom stereocenters. The summed E-state index contributed by atoms with van der Waals surface area (Å²) in [7, 11) is -2.10. The summed E-state index contributed by atoms with van der Waals surface area (Å²) in [5, 5.41) is 0. The van der Waals surface area contributed by atoms with Crippen molar-refractivity contribution in [1.82, 2.24) is 9.71 Å². The average Bonchev–Trinajstić information content (AvgIpc) is 3.27. The van der Waals surface area contributed by atoms with Crippen LogP contribution >= 0.6 is 0 Å². The van der Waals surface area contributed by atoms with Gasteiger partial charge in [0.05, 0.1) is 12.4 Å². The van der Waals surface area contributed by atoms with Gasteiger partial charge in [-0.15, -0.1) is 0 Å². The molecule has 0 aliphatic heterocycles. The van der Waals surface area contributed by atoms with Gasteiger partial charge < -0.3 is 18.6 Å². The average molecular weight is 543 g/mol. The molecule has 3 aromatic rings. The van der Waals surface area contributed by atoms with Crippen LogP contribution in [0, 0.1) is 6.92 Å². The number of unbranched alkanes of at least 4 members (excludes halogenated alkanes) is 2. The summed E-state index contributed by atoms with van der Waals surface area (Å²) in [5.41, 5.74) is 2.04. The summed E-state index contributed by atoms with van der Waals surface area (Å²) in [6.07, 6.45) is 4.83. The minimum absolute atomic E-state index is 0.0929. The van der Waals surface area contributed by atoms with Gasteiger partial charge in [0.15, 0.2) is 0 Å². The molecular formula is C28H34N2O7S. The molecule has 1 heterocycles. The number of hydrogen-bond acceptors (Lipinski definition) is 8.